The molecule has 3 amide bonds. The Morgan fingerprint density at radius 3 is 2.47 bits per heavy atom. The maximum atomic E-state index is 13.5. The Morgan fingerprint density at radius 2 is 1.81 bits per heavy atom. The number of hydrogen-bond donors (Lipinski definition) is 3. The Labute approximate surface area is 186 Å². The molecule has 1 saturated carbocycles. The van der Waals surface area contributed by atoms with Crippen LogP contribution in [0.25, 0.3) is 10.9 Å². The van der Waals surface area contributed by atoms with Crippen LogP contribution in [0.3, 0.4) is 0 Å². The Balaban J connectivity index is 1.75. The van der Waals surface area contributed by atoms with Gasteiger partial charge in [-0.15, -0.1) is 0 Å². The molecule has 0 aliphatic heterocycles. The lowest BCUT2D eigenvalue weighted by atomic mass is 9.81. The van der Waals surface area contributed by atoms with Gasteiger partial charge in [0.15, 0.2) is 0 Å². The number of amides is 3. The van der Waals surface area contributed by atoms with Crippen molar-refractivity contribution >= 4 is 28.8 Å². The average molecular weight is 447 g/mol. The predicted octanol–water partition coefficient (Wildman–Crippen LogP) is 3.19. The number of alkyl carbamates (subject to hydrolysis) is 1. The van der Waals surface area contributed by atoms with Crippen LogP contribution in [0.15, 0.2) is 24.3 Å². The maximum Gasteiger partial charge on any atom is 0.407 e. The standard InChI is InChI=1S/C23H31FN4O4/c1-23(2,3)32-22(31)27-18-11-13(21(30)28(4)5)6-8-17(18)26-20(29)19-12-14-10-15(24)7-9-16(14)25-19/h7,9-10,12-13,17-18,25H,6,8,11H2,1-5H3,(H,26,29)(H,27,31)/t13-,17?,18+/m0/s1. The molecule has 1 unspecified atom stereocenters. The largest absolute Gasteiger partial charge is 0.444 e. The summed E-state index contributed by atoms with van der Waals surface area (Å²) in [6.07, 6.45) is 0.900. The first-order chi connectivity index (χ1) is 14.9. The smallest absolute Gasteiger partial charge is 0.407 e. The number of carbonyl (C=O) groups is 3. The van der Waals surface area contributed by atoms with Crippen LogP contribution in [-0.2, 0) is 9.53 Å². The van der Waals surface area contributed by atoms with Gasteiger partial charge in [-0.1, -0.05) is 0 Å². The Kier molecular flexibility index (Phi) is 6.76. The van der Waals surface area contributed by atoms with E-state index in [4.69, 9.17) is 4.74 Å². The summed E-state index contributed by atoms with van der Waals surface area (Å²) in [6.45, 7) is 5.30. The topological polar surface area (TPSA) is 104 Å². The summed E-state index contributed by atoms with van der Waals surface area (Å²) in [5.41, 5.74) is 0.282. The number of fused-ring (bicyclic) bond motifs is 1. The van der Waals surface area contributed by atoms with E-state index in [0.29, 0.717) is 35.9 Å². The van der Waals surface area contributed by atoms with Gasteiger partial charge >= 0.3 is 6.09 Å². The molecule has 3 N–H and O–H groups in total. The van der Waals surface area contributed by atoms with Crippen LogP contribution in [0.2, 0.25) is 0 Å². The van der Waals surface area contributed by atoms with Crippen molar-refractivity contribution in [2.45, 2.75) is 57.7 Å². The zero-order chi connectivity index (χ0) is 23.6. The fraction of sp³-hybridized carbons (Fsp3) is 0.522. The van der Waals surface area contributed by atoms with E-state index in [0.717, 1.165) is 0 Å². The van der Waals surface area contributed by atoms with Crippen LogP contribution >= 0.6 is 0 Å². The molecule has 0 saturated heterocycles. The molecule has 2 aromatic rings. The summed E-state index contributed by atoms with van der Waals surface area (Å²) in [4.78, 5) is 42.3. The number of carbonyl (C=O) groups excluding carboxylic acids is 3. The summed E-state index contributed by atoms with van der Waals surface area (Å²) in [6, 6.07) is 4.98. The molecule has 1 aromatic carbocycles. The average Bonchev–Trinajstić information content (AvgIpc) is 3.10. The van der Waals surface area contributed by atoms with Gasteiger partial charge in [0.1, 0.15) is 17.1 Å². The molecule has 0 radical (unpaired) electrons. The molecule has 1 aliphatic rings. The first-order valence-corrected chi connectivity index (χ1v) is 10.7. The van der Waals surface area contributed by atoms with Crippen LogP contribution in [0.4, 0.5) is 9.18 Å². The molecule has 174 valence electrons. The Morgan fingerprint density at radius 1 is 1.09 bits per heavy atom. The van der Waals surface area contributed by atoms with E-state index in [1.165, 1.54) is 17.0 Å². The van der Waals surface area contributed by atoms with Crippen molar-refractivity contribution in [1.29, 1.82) is 0 Å². The molecule has 32 heavy (non-hydrogen) atoms. The van der Waals surface area contributed by atoms with Gasteiger partial charge in [0.05, 0.1) is 6.04 Å². The highest BCUT2D eigenvalue weighted by molar-refractivity contribution is 5.98. The van der Waals surface area contributed by atoms with Gasteiger partial charge in [-0.2, -0.15) is 0 Å². The molecule has 3 rings (SSSR count). The molecule has 9 heteroatoms. The highest BCUT2D eigenvalue weighted by Crippen LogP contribution is 2.27. The molecule has 0 spiro atoms. The van der Waals surface area contributed by atoms with Crippen LogP contribution in [0.5, 0.6) is 0 Å². The lowest BCUT2D eigenvalue weighted by molar-refractivity contribution is -0.134. The number of rotatable bonds is 4. The maximum absolute atomic E-state index is 13.5. The zero-order valence-corrected chi connectivity index (χ0v) is 19.1. The Bertz CT molecular complexity index is 1010. The van der Waals surface area contributed by atoms with Gasteiger partial charge in [0, 0.05) is 37.0 Å². The number of H-pyrrole nitrogens is 1. The summed E-state index contributed by atoms with van der Waals surface area (Å²) in [5.74, 6) is -1.01. The summed E-state index contributed by atoms with van der Waals surface area (Å²) in [7, 11) is 3.40. The van der Waals surface area contributed by atoms with Crippen molar-refractivity contribution in [2.75, 3.05) is 14.1 Å². The third-order valence-corrected chi connectivity index (χ3v) is 5.49. The monoisotopic (exact) mass is 446 g/mol. The number of nitrogens with one attached hydrogen (secondary N) is 3. The van der Waals surface area contributed by atoms with Crippen LogP contribution in [0.1, 0.15) is 50.5 Å². The number of benzene rings is 1. The van der Waals surface area contributed by atoms with Crippen molar-refractivity contribution in [1.82, 2.24) is 20.5 Å². The fourth-order valence-electron chi connectivity index (χ4n) is 4.02. The quantitative estimate of drug-likeness (QED) is 0.671. The van der Waals surface area contributed by atoms with Gasteiger partial charge in [0.25, 0.3) is 5.91 Å². The number of aromatic nitrogens is 1. The van der Waals surface area contributed by atoms with E-state index in [1.807, 2.05) is 0 Å². The van der Waals surface area contributed by atoms with Gasteiger partial charge in [-0.25, -0.2) is 9.18 Å². The van der Waals surface area contributed by atoms with Crippen LogP contribution < -0.4 is 10.6 Å². The van der Waals surface area contributed by atoms with Gasteiger partial charge in [-0.3, -0.25) is 9.59 Å². The molecule has 1 aromatic heterocycles. The van der Waals surface area contributed by atoms with E-state index in [9.17, 15) is 18.8 Å². The second kappa shape index (κ2) is 9.18. The van der Waals surface area contributed by atoms with Crippen molar-refractivity contribution in [3.05, 3.63) is 35.8 Å². The van der Waals surface area contributed by atoms with E-state index in [2.05, 4.69) is 15.6 Å². The van der Waals surface area contributed by atoms with Crippen molar-refractivity contribution in [2.24, 2.45) is 5.92 Å². The fourth-order valence-corrected chi connectivity index (χ4v) is 4.02. The molecule has 1 fully saturated rings. The highest BCUT2D eigenvalue weighted by Gasteiger charge is 2.37. The number of hydrogen-bond acceptors (Lipinski definition) is 4. The minimum atomic E-state index is -0.671. The minimum absolute atomic E-state index is 0.0107. The molecule has 1 heterocycles. The number of ether oxygens (including phenoxy) is 1. The first kappa shape index (κ1) is 23.6. The van der Waals surface area contributed by atoms with Crippen molar-refractivity contribution < 1.29 is 23.5 Å². The third kappa shape index (κ3) is 5.77. The molecular formula is C23H31FN4O4. The molecular weight excluding hydrogens is 415 g/mol. The lowest BCUT2D eigenvalue weighted by Crippen LogP contribution is -2.56. The van der Waals surface area contributed by atoms with Crippen LogP contribution in [0, 0.1) is 11.7 Å². The Hall–Kier alpha value is -3.10. The summed E-state index contributed by atoms with van der Waals surface area (Å²) >= 11 is 0. The summed E-state index contributed by atoms with van der Waals surface area (Å²) < 4.78 is 18.8. The number of halogens is 1. The van der Waals surface area contributed by atoms with Gasteiger partial charge in [0.2, 0.25) is 5.91 Å². The van der Waals surface area contributed by atoms with Crippen molar-refractivity contribution in [3.63, 3.8) is 0 Å². The summed E-state index contributed by atoms with van der Waals surface area (Å²) in [5, 5.41) is 6.39. The minimum Gasteiger partial charge on any atom is -0.444 e. The first-order valence-electron chi connectivity index (χ1n) is 10.7. The van der Waals surface area contributed by atoms with Gasteiger partial charge < -0.3 is 25.3 Å². The highest BCUT2D eigenvalue weighted by atomic mass is 19.1. The van der Waals surface area contributed by atoms with E-state index < -0.39 is 17.7 Å². The normalized spacial score (nSPS) is 21.1. The van der Waals surface area contributed by atoms with Crippen molar-refractivity contribution in [3.8, 4) is 0 Å². The molecule has 0 bridgehead atoms. The van der Waals surface area contributed by atoms with Crippen LogP contribution in [-0.4, -0.2) is 59.6 Å². The molecule has 1 aliphatic carbocycles. The second-order valence-electron chi connectivity index (χ2n) is 9.49. The third-order valence-electron chi connectivity index (χ3n) is 5.49. The van der Waals surface area contributed by atoms with E-state index in [-0.39, 0.29) is 29.6 Å². The molecule has 3 atom stereocenters. The van der Waals surface area contributed by atoms with E-state index in [1.54, 1.807) is 47.0 Å². The van der Waals surface area contributed by atoms with E-state index >= 15 is 0 Å². The SMILES string of the molecule is CN(C)C(=O)[C@H]1CCC(NC(=O)c2cc3cc(F)ccc3[nH]2)[C@H](NC(=O)OC(C)(C)C)C1. The molecule has 8 nitrogen and oxygen atoms in total. The second-order valence-corrected chi connectivity index (χ2v) is 9.49. The number of aromatic amines is 1. The predicted molar refractivity (Wildman–Crippen MR) is 119 cm³/mol. The zero-order valence-electron chi connectivity index (χ0n) is 19.1. The van der Waals surface area contributed by atoms with Gasteiger partial charge in [-0.05, 0) is 64.3 Å². The lowest BCUT2D eigenvalue weighted by Gasteiger charge is -2.37. The number of nitrogens with zero attached hydrogens (tertiary/aromatic N) is 1.